The maximum atomic E-state index is 12.5. The topological polar surface area (TPSA) is 94.6 Å². The summed E-state index contributed by atoms with van der Waals surface area (Å²) in [5, 5.41) is 16.1. The summed E-state index contributed by atoms with van der Waals surface area (Å²) in [6, 6.07) is 10.1. The van der Waals surface area contributed by atoms with Crippen LogP contribution in [0.5, 0.6) is 0 Å². The van der Waals surface area contributed by atoms with Gasteiger partial charge >= 0.3 is 0 Å². The first-order valence-corrected chi connectivity index (χ1v) is 10.6. The van der Waals surface area contributed by atoms with Gasteiger partial charge in [0.2, 0.25) is 5.91 Å². The van der Waals surface area contributed by atoms with Crippen LogP contribution in [0.15, 0.2) is 36.5 Å². The Kier molecular flexibility index (Phi) is 4.79. The van der Waals surface area contributed by atoms with Gasteiger partial charge in [0.25, 0.3) is 5.91 Å². The molecule has 1 aromatic carbocycles. The Morgan fingerprint density at radius 2 is 2.10 bits per heavy atom. The summed E-state index contributed by atoms with van der Waals surface area (Å²) in [4.78, 5) is 31.4. The van der Waals surface area contributed by atoms with E-state index in [0.29, 0.717) is 24.2 Å². The number of hydrogen-bond donors (Lipinski definition) is 3. The normalized spacial score (nSPS) is 20.1. The molecule has 7 nitrogen and oxygen atoms in total. The molecule has 156 valence electrons. The van der Waals surface area contributed by atoms with Crippen LogP contribution >= 0.6 is 0 Å². The summed E-state index contributed by atoms with van der Waals surface area (Å²) in [6.07, 6.45) is 4.33. The highest BCUT2D eigenvalue weighted by Crippen LogP contribution is 2.51. The third-order valence-corrected chi connectivity index (χ3v) is 6.50. The number of carbonyl (C=O) groups is 2. The Hall–Kier alpha value is -2.77. The van der Waals surface area contributed by atoms with Crippen LogP contribution in [0.25, 0.3) is 0 Å². The van der Waals surface area contributed by atoms with Crippen LogP contribution in [0.1, 0.15) is 40.0 Å². The number of pyridine rings is 1. The van der Waals surface area contributed by atoms with Crippen LogP contribution in [0.4, 0.5) is 5.69 Å². The summed E-state index contributed by atoms with van der Waals surface area (Å²) >= 11 is 0. The first-order valence-electron chi connectivity index (χ1n) is 10.6. The molecule has 1 fully saturated rings. The Morgan fingerprint density at radius 3 is 2.90 bits per heavy atom. The van der Waals surface area contributed by atoms with E-state index in [4.69, 9.17) is 0 Å². The average Bonchev–Trinajstić information content (AvgIpc) is 3.53. The summed E-state index contributed by atoms with van der Waals surface area (Å²) < 4.78 is 0. The molecule has 2 amide bonds. The summed E-state index contributed by atoms with van der Waals surface area (Å²) in [6.45, 7) is 2.40. The molecule has 2 aliphatic heterocycles. The molecule has 7 heteroatoms. The average molecular weight is 406 g/mol. The predicted octanol–water partition coefficient (Wildman–Crippen LogP) is 1.51. The molecule has 3 heterocycles. The minimum absolute atomic E-state index is 0.0351. The number of anilines is 1. The van der Waals surface area contributed by atoms with E-state index in [2.05, 4.69) is 38.7 Å². The van der Waals surface area contributed by atoms with Crippen LogP contribution in [-0.2, 0) is 24.2 Å². The molecule has 3 aliphatic rings. The Bertz CT molecular complexity index is 1000. The minimum atomic E-state index is -0.653. The van der Waals surface area contributed by atoms with Crippen LogP contribution < -0.4 is 10.6 Å². The highest BCUT2D eigenvalue weighted by atomic mass is 16.3. The van der Waals surface area contributed by atoms with Crippen molar-refractivity contribution in [1.29, 1.82) is 0 Å². The smallest absolute Gasteiger partial charge is 0.253 e. The summed E-state index contributed by atoms with van der Waals surface area (Å²) in [5.41, 5.74) is 4.26. The fourth-order valence-electron chi connectivity index (χ4n) is 4.46. The second-order valence-electron chi connectivity index (χ2n) is 8.75. The van der Waals surface area contributed by atoms with Gasteiger partial charge in [-0.25, -0.2) is 0 Å². The van der Waals surface area contributed by atoms with Gasteiger partial charge in [-0.2, -0.15) is 0 Å². The lowest BCUT2D eigenvalue weighted by Crippen LogP contribution is -2.42. The molecule has 0 saturated heterocycles. The Balaban J connectivity index is 1.15. The van der Waals surface area contributed by atoms with E-state index < -0.39 is 6.10 Å². The van der Waals surface area contributed by atoms with Gasteiger partial charge in [-0.3, -0.25) is 19.5 Å². The molecular weight excluding hydrogens is 380 g/mol. The molecular formula is C23H26N4O3. The van der Waals surface area contributed by atoms with E-state index in [1.54, 1.807) is 12.3 Å². The second kappa shape index (κ2) is 7.49. The molecule has 1 aromatic heterocycles. The van der Waals surface area contributed by atoms with Gasteiger partial charge in [-0.05, 0) is 36.5 Å². The monoisotopic (exact) mass is 406 g/mol. The van der Waals surface area contributed by atoms with Crippen molar-refractivity contribution in [3.63, 3.8) is 0 Å². The number of nitrogens with one attached hydrogen (secondary N) is 2. The van der Waals surface area contributed by atoms with E-state index in [1.807, 2.05) is 6.07 Å². The van der Waals surface area contributed by atoms with E-state index in [-0.39, 0.29) is 23.8 Å². The molecule has 3 N–H and O–H groups in total. The highest BCUT2D eigenvalue weighted by molar-refractivity contribution is 6.01. The van der Waals surface area contributed by atoms with Crippen molar-refractivity contribution in [3.8, 4) is 0 Å². The lowest BCUT2D eigenvalue weighted by Gasteiger charge is -2.30. The summed E-state index contributed by atoms with van der Waals surface area (Å²) in [7, 11) is 0. The number of aromatic nitrogens is 1. The number of aliphatic hydroxyl groups is 1. The van der Waals surface area contributed by atoms with Crippen LogP contribution in [0.2, 0.25) is 0 Å². The van der Waals surface area contributed by atoms with Gasteiger partial charge in [0.05, 0.1) is 28.5 Å². The van der Waals surface area contributed by atoms with Gasteiger partial charge in [-0.1, -0.05) is 24.3 Å². The van der Waals surface area contributed by atoms with Crippen molar-refractivity contribution in [1.82, 2.24) is 15.2 Å². The molecule has 1 saturated carbocycles. The maximum Gasteiger partial charge on any atom is 0.253 e. The molecule has 2 aromatic rings. The number of fused-ring (bicyclic) bond motifs is 2. The minimum Gasteiger partial charge on any atom is -0.390 e. The first kappa shape index (κ1) is 19.2. The molecule has 1 atom stereocenters. The van der Waals surface area contributed by atoms with E-state index in [0.717, 1.165) is 38.0 Å². The number of carbonyl (C=O) groups excluding carboxylic acids is 2. The molecule has 1 aliphatic carbocycles. The van der Waals surface area contributed by atoms with Gasteiger partial charge in [0.1, 0.15) is 0 Å². The number of benzene rings is 1. The van der Waals surface area contributed by atoms with Crippen LogP contribution in [0.3, 0.4) is 0 Å². The fourth-order valence-corrected chi connectivity index (χ4v) is 4.46. The number of nitrogens with zero attached hydrogens (tertiary/aromatic N) is 2. The Morgan fingerprint density at radius 1 is 1.30 bits per heavy atom. The lowest BCUT2D eigenvalue weighted by molar-refractivity contribution is -0.121. The van der Waals surface area contributed by atoms with Crippen molar-refractivity contribution >= 4 is 17.5 Å². The van der Waals surface area contributed by atoms with Crippen LogP contribution in [0, 0.1) is 5.41 Å². The van der Waals surface area contributed by atoms with Gasteiger partial charge in [0.15, 0.2) is 0 Å². The van der Waals surface area contributed by atoms with E-state index >= 15 is 0 Å². The SMILES string of the molecule is O=C(NCC(O)CN1CCc2ccccc2C1)c1cnc2c(c1)NC(=O)C1(CC1)C2. The van der Waals surface area contributed by atoms with Crippen molar-refractivity contribution in [2.45, 2.75) is 38.3 Å². The number of aliphatic hydroxyl groups excluding tert-OH is 1. The molecule has 0 bridgehead atoms. The highest BCUT2D eigenvalue weighted by Gasteiger charge is 2.52. The number of rotatable bonds is 5. The lowest BCUT2D eigenvalue weighted by atomic mass is 9.93. The van der Waals surface area contributed by atoms with E-state index in [9.17, 15) is 14.7 Å². The largest absolute Gasteiger partial charge is 0.390 e. The van der Waals surface area contributed by atoms with Crippen LogP contribution in [-0.4, -0.2) is 52.5 Å². The molecule has 0 radical (unpaired) electrons. The van der Waals surface area contributed by atoms with Gasteiger partial charge in [0, 0.05) is 38.8 Å². The predicted molar refractivity (Wildman–Crippen MR) is 112 cm³/mol. The second-order valence-corrected chi connectivity index (χ2v) is 8.75. The first-order chi connectivity index (χ1) is 14.5. The quantitative estimate of drug-likeness (QED) is 0.700. The zero-order valence-electron chi connectivity index (χ0n) is 16.9. The third-order valence-electron chi connectivity index (χ3n) is 6.50. The third kappa shape index (κ3) is 3.70. The van der Waals surface area contributed by atoms with Crippen molar-refractivity contribution < 1.29 is 14.7 Å². The Labute approximate surface area is 175 Å². The molecule has 5 rings (SSSR count). The standard InChI is InChI=1S/C23H26N4O3/c28-18(14-27-8-5-15-3-1-2-4-16(15)13-27)12-25-21(29)17-9-19-20(24-11-17)10-23(6-7-23)22(30)26-19/h1-4,9,11,18,28H,5-8,10,12-14H2,(H,25,29)(H,26,30). The molecule has 30 heavy (non-hydrogen) atoms. The zero-order chi connectivity index (χ0) is 20.7. The van der Waals surface area contributed by atoms with Crippen molar-refractivity contribution in [3.05, 3.63) is 58.9 Å². The fraction of sp³-hybridized carbons (Fsp3) is 0.435. The maximum absolute atomic E-state index is 12.5. The van der Waals surface area contributed by atoms with Crippen molar-refractivity contribution in [2.24, 2.45) is 5.41 Å². The zero-order valence-corrected chi connectivity index (χ0v) is 16.9. The van der Waals surface area contributed by atoms with Gasteiger partial charge in [-0.15, -0.1) is 0 Å². The van der Waals surface area contributed by atoms with Crippen molar-refractivity contribution in [2.75, 3.05) is 25.0 Å². The number of β-amino-alcohol motifs (C(OH)–C–C–N with tert-alkyl or cyclic N) is 1. The number of amides is 2. The van der Waals surface area contributed by atoms with Gasteiger partial charge < -0.3 is 15.7 Å². The summed E-state index contributed by atoms with van der Waals surface area (Å²) in [5.74, 6) is -0.262. The van der Waals surface area contributed by atoms with E-state index in [1.165, 1.54) is 11.1 Å². The number of hydrogen-bond acceptors (Lipinski definition) is 5. The molecule has 1 unspecified atom stereocenters. The molecule has 1 spiro atoms.